The lowest BCUT2D eigenvalue weighted by atomic mass is 9.79. The molecule has 0 aromatic heterocycles. The minimum atomic E-state index is -0.536. The van der Waals surface area contributed by atoms with Gasteiger partial charge < -0.3 is 14.8 Å². The molecule has 0 bridgehead atoms. The molecule has 4 heteroatoms. The molecule has 0 heterocycles. The number of ether oxygens (including phenoxy) is 2. The monoisotopic (exact) mass is 285 g/mol. The minimum absolute atomic E-state index is 0.105. The third kappa shape index (κ3) is 5.06. The molecule has 2 atom stereocenters. The average Bonchev–Trinajstić information content (AvgIpc) is 2.43. The summed E-state index contributed by atoms with van der Waals surface area (Å²) in [4.78, 5) is 12.4. The molecule has 20 heavy (non-hydrogen) atoms. The van der Waals surface area contributed by atoms with Crippen LogP contribution < -0.4 is 5.32 Å². The zero-order valence-electron chi connectivity index (χ0n) is 13.5. The van der Waals surface area contributed by atoms with Crippen LogP contribution in [0, 0.1) is 5.92 Å². The molecule has 1 aliphatic carbocycles. The van der Waals surface area contributed by atoms with Gasteiger partial charge in [-0.3, -0.25) is 4.79 Å². The predicted octanol–water partition coefficient (Wildman–Crippen LogP) is 2.90. The average molecular weight is 285 g/mol. The van der Waals surface area contributed by atoms with Crippen LogP contribution in [0.15, 0.2) is 0 Å². The number of rotatable bonds is 8. The first-order valence-corrected chi connectivity index (χ1v) is 8.08. The highest BCUT2D eigenvalue weighted by atomic mass is 16.5. The smallest absolute Gasteiger partial charge is 0.326 e. The lowest BCUT2D eigenvalue weighted by molar-refractivity contribution is -0.155. The van der Waals surface area contributed by atoms with Crippen molar-refractivity contribution in [3.8, 4) is 0 Å². The first kappa shape index (κ1) is 17.4. The highest BCUT2D eigenvalue weighted by molar-refractivity contribution is 5.81. The molecule has 4 nitrogen and oxygen atoms in total. The maximum atomic E-state index is 12.4. The normalized spacial score (nSPS) is 26.8. The Balaban J connectivity index is 2.68. The number of carbonyl (C=O) groups excluding carboxylic acids is 1. The van der Waals surface area contributed by atoms with Crippen LogP contribution in [0.4, 0.5) is 0 Å². The van der Waals surface area contributed by atoms with E-state index in [-0.39, 0.29) is 12.1 Å². The van der Waals surface area contributed by atoms with Crippen LogP contribution in [-0.2, 0) is 14.3 Å². The molecule has 2 unspecified atom stereocenters. The van der Waals surface area contributed by atoms with Gasteiger partial charge in [-0.05, 0) is 45.1 Å². The standard InChI is InChI=1S/C16H31NO3/c1-5-10-17-16(15(18)19-6-2)9-7-8-14(11-16)20-12-13(3)4/h13-14,17H,5-12H2,1-4H3. The Morgan fingerprint density at radius 1 is 1.40 bits per heavy atom. The van der Waals surface area contributed by atoms with Gasteiger partial charge in [-0.1, -0.05) is 20.8 Å². The molecular formula is C16H31NO3. The van der Waals surface area contributed by atoms with Crippen molar-refractivity contribution < 1.29 is 14.3 Å². The predicted molar refractivity (Wildman–Crippen MR) is 80.7 cm³/mol. The molecule has 0 spiro atoms. The molecule has 0 aliphatic heterocycles. The lowest BCUT2D eigenvalue weighted by Crippen LogP contribution is -2.57. The minimum Gasteiger partial charge on any atom is -0.465 e. The summed E-state index contributed by atoms with van der Waals surface area (Å²) in [5.74, 6) is 0.420. The number of hydrogen-bond acceptors (Lipinski definition) is 4. The van der Waals surface area contributed by atoms with Crippen molar-refractivity contribution >= 4 is 5.97 Å². The first-order valence-electron chi connectivity index (χ1n) is 8.08. The van der Waals surface area contributed by atoms with E-state index in [4.69, 9.17) is 9.47 Å². The molecule has 0 aromatic rings. The van der Waals surface area contributed by atoms with Gasteiger partial charge in [-0.2, -0.15) is 0 Å². The van der Waals surface area contributed by atoms with Gasteiger partial charge in [0.25, 0.3) is 0 Å². The maximum Gasteiger partial charge on any atom is 0.326 e. The molecule has 1 N–H and O–H groups in total. The summed E-state index contributed by atoms with van der Waals surface area (Å²) in [6.45, 7) is 10.3. The zero-order chi connectivity index (χ0) is 15.0. The number of esters is 1. The van der Waals surface area contributed by atoms with E-state index < -0.39 is 5.54 Å². The maximum absolute atomic E-state index is 12.4. The van der Waals surface area contributed by atoms with Gasteiger partial charge in [0.2, 0.25) is 0 Å². The number of carbonyl (C=O) groups is 1. The second kappa shape index (κ2) is 8.63. The molecule has 118 valence electrons. The summed E-state index contributed by atoms with van der Waals surface area (Å²) >= 11 is 0. The third-order valence-corrected chi connectivity index (χ3v) is 3.75. The Kier molecular flexibility index (Phi) is 7.52. The van der Waals surface area contributed by atoms with Crippen LogP contribution in [0.1, 0.15) is 59.8 Å². The Hall–Kier alpha value is -0.610. The van der Waals surface area contributed by atoms with Gasteiger partial charge in [0.15, 0.2) is 0 Å². The van der Waals surface area contributed by atoms with E-state index >= 15 is 0 Å². The van der Waals surface area contributed by atoms with Crippen LogP contribution in [0.2, 0.25) is 0 Å². The van der Waals surface area contributed by atoms with E-state index in [0.717, 1.165) is 45.3 Å². The molecular weight excluding hydrogens is 254 g/mol. The Labute approximate surface area is 123 Å². The number of hydrogen-bond donors (Lipinski definition) is 1. The SMILES string of the molecule is CCCNC1(C(=O)OCC)CCCC(OCC(C)C)C1. The van der Waals surface area contributed by atoms with Crippen molar-refractivity contribution in [2.75, 3.05) is 19.8 Å². The molecule has 0 amide bonds. The fourth-order valence-electron chi connectivity index (χ4n) is 2.75. The molecule has 1 saturated carbocycles. The van der Waals surface area contributed by atoms with Crippen molar-refractivity contribution in [1.82, 2.24) is 5.32 Å². The Morgan fingerprint density at radius 3 is 2.75 bits per heavy atom. The largest absolute Gasteiger partial charge is 0.465 e. The van der Waals surface area contributed by atoms with E-state index in [1.165, 1.54) is 0 Å². The number of nitrogens with one attached hydrogen (secondary N) is 1. The van der Waals surface area contributed by atoms with Crippen LogP contribution in [0.3, 0.4) is 0 Å². The topological polar surface area (TPSA) is 47.6 Å². The Bertz CT molecular complexity index is 293. The second-order valence-corrected chi connectivity index (χ2v) is 6.17. The van der Waals surface area contributed by atoms with Gasteiger partial charge in [-0.15, -0.1) is 0 Å². The summed E-state index contributed by atoms with van der Waals surface area (Å²) < 4.78 is 11.3. The Morgan fingerprint density at radius 2 is 2.15 bits per heavy atom. The highest BCUT2D eigenvalue weighted by Crippen LogP contribution is 2.31. The van der Waals surface area contributed by atoms with Gasteiger partial charge in [0, 0.05) is 13.0 Å². The lowest BCUT2D eigenvalue weighted by Gasteiger charge is -2.39. The molecule has 1 fully saturated rings. The summed E-state index contributed by atoms with van der Waals surface area (Å²) in [5, 5.41) is 3.43. The van der Waals surface area contributed by atoms with E-state index in [9.17, 15) is 4.79 Å². The van der Waals surface area contributed by atoms with E-state index in [1.807, 2.05) is 6.92 Å². The highest BCUT2D eigenvalue weighted by Gasteiger charge is 2.43. The van der Waals surface area contributed by atoms with Gasteiger partial charge >= 0.3 is 5.97 Å². The third-order valence-electron chi connectivity index (χ3n) is 3.75. The van der Waals surface area contributed by atoms with Crippen molar-refractivity contribution in [3.63, 3.8) is 0 Å². The van der Waals surface area contributed by atoms with E-state index in [1.54, 1.807) is 0 Å². The van der Waals surface area contributed by atoms with Crippen molar-refractivity contribution in [3.05, 3.63) is 0 Å². The van der Waals surface area contributed by atoms with Gasteiger partial charge in [0.05, 0.1) is 12.7 Å². The van der Waals surface area contributed by atoms with Crippen LogP contribution in [0.5, 0.6) is 0 Å². The van der Waals surface area contributed by atoms with Crippen molar-refractivity contribution in [2.24, 2.45) is 5.92 Å². The first-order chi connectivity index (χ1) is 9.54. The summed E-state index contributed by atoms with van der Waals surface area (Å²) in [6.07, 6.45) is 4.82. The zero-order valence-corrected chi connectivity index (χ0v) is 13.5. The summed E-state index contributed by atoms with van der Waals surface area (Å²) in [7, 11) is 0. The molecule has 0 aromatic carbocycles. The molecule has 1 rings (SSSR count). The summed E-state index contributed by atoms with van der Waals surface area (Å²) in [5.41, 5.74) is -0.536. The second-order valence-electron chi connectivity index (χ2n) is 6.17. The fourth-order valence-corrected chi connectivity index (χ4v) is 2.75. The molecule has 1 aliphatic rings. The van der Waals surface area contributed by atoms with E-state index in [0.29, 0.717) is 12.5 Å². The van der Waals surface area contributed by atoms with E-state index in [2.05, 4.69) is 26.1 Å². The van der Waals surface area contributed by atoms with Crippen LogP contribution in [0.25, 0.3) is 0 Å². The fraction of sp³-hybridized carbons (Fsp3) is 0.938. The van der Waals surface area contributed by atoms with Gasteiger partial charge in [-0.25, -0.2) is 0 Å². The quantitative estimate of drug-likeness (QED) is 0.697. The van der Waals surface area contributed by atoms with Crippen LogP contribution >= 0.6 is 0 Å². The molecule has 0 radical (unpaired) electrons. The van der Waals surface area contributed by atoms with Crippen molar-refractivity contribution in [1.29, 1.82) is 0 Å². The van der Waals surface area contributed by atoms with Crippen LogP contribution in [-0.4, -0.2) is 37.4 Å². The summed E-state index contributed by atoms with van der Waals surface area (Å²) in [6, 6.07) is 0. The van der Waals surface area contributed by atoms with Gasteiger partial charge in [0.1, 0.15) is 5.54 Å². The molecule has 0 saturated heterocycles. The van der Waals surface area contributed by atoms with Crippen molar-refractivity contribution in [2.45, 2.75) is 71.4 Å².